The first-order chi connectivity index (χ1) is 19.8. The zero-order valence-electron chi connectivity index (χ0n) is 22.0. The predicted molar refractivity (Wildman–Crippen MR) is 172 cm³/mol. The van der Waals surface area contributed by atoms with Gasteiger partial charge in [0.15, 0.2) is 0 Å². The smallest absolute Gasteiger partial charge is 0.0464 e. The second-order valence-corrected chi connectivity index (χ2v) is 10.0. The summed E-state index contributed by atoms with van der Waals surface area (Å²) >= 11 is 0. The van der Waals surface area contributed by atoms with E-state index in [1.54, 1.807) is 0 Å². The molecule has 2 nitrogen and oxygen atoms in total. The maximum absolute atomic E-state index is 3.69. The summed E-state index contributed by atoms with van der Waals surface area (Å²) in [5.74, 6) is 0. The molecule has 0 spiro atoms. The molecule has 0 bridgehead atoms. The number of rotatable bonds is 6. The fraction of sp³-hybridized carbons (Fsp3) is 0. The van der Waals surface area contributed by atoms with Crippen LogP contribution in [0, 0.1) is 0 Å². The van der Waals surface area contributed by atoms with Crippen LogP contribution in [-0.4, -0.2) is 0 Å². The number of hydrogen-bond acceptors (Lipinski definition) is 2. The van der Waals surface area contributed by atoms with Gasteiger partial charge in [-0.25, -0.2) is 0 Å². The standard InChI is InChI=1S/C38H28N2/c1-3-12-30(13-4-1)39-32-22-19-27(20-23-32)28-21-24-38(40-31-14-5-2-6-15-31)37(25-28)36-26-29-11-7-8-16-33(29)34-17-9-10-18-35(34)36/h1-26,39-40H. The Morgan fingerprint density at radius 1 is 0.325 bits per heavy atom. The first-order valence-corrected chi connectivity index (χ1v) is 13.6. The molecule has 40 heavy (non-hydrogen) atoms. The van der Waals surface area contributed by atoms with Crippen molar-refractivity contribution >= 4 is 44.3 Å². The van der Waals surface area contributed by atoms with E-state index in [1.807, 2.05) is 24.3 Å². The molecule has 0 amide bonds. The predicted octanol–water partition coefficient (Wildman–Crippen LogP) is 10.8. The fourth-order valence-corrected chi connectivity index (χ4v) is 5.44. The molecule has 0 unspecified atom stereocenters. The highest BCUT2D eigenvalue weighted by Crippen LogP contribution is 2.41. The SMILES string of the molecule is c1ccc(Nc2ccc(-c3ccc(Nc4ccccc4)c(-c4cc5ccccc5c5ccccc45)c3)cc2)cc1. The number of fused-ring (bicyclic) bond motifs is 3. The van der Waals surface area contributed by atoms with E-state index in [0.717, 1.165) is 22.7 Å². The average molecular weight is 513 g/mol. The average Bonchev–Trinajstić information content (AvgIpc) is 3.02. The number of benzene rings is 7. The minimum absolute atomic E-state index is 1.07. The molecule has 190 valence electrons. The quantitative estimate of drug-likeness (QED) is 0.217. The van der Waals surface area contributed by atoms with Crippen molar-refractivity contribution in [1.82, 2.24) is 0 Å². The molecule has 0 aliphatic heterocycles. The van der Waals surface area contributed by atoms with Crippen LogP contribution < -0.4 is 10.6 Å². The molecule has 0 radical (unpaired) electrons. The third kappa shape index (κ3) is 4.68. The highest BCUT2D eigenvalue weighted by atomic mass is 14.9. The van der Waals surface area contributed by atoms with Crippen LogP contribution in [0.2, 0.25) is 0 Å². The molecule has 2 N–H and O–H groups in total. The van der Waals surface area contributed by atoms with Crippen LogP contribution in [0.5, 0.6) is 0 Å². The van der Waals surface area contributed by atoms with Gasteiger partial charge in [0.05, 0.1) is 0 Å². The third-order valence-electron chi connectivity index (χ3n) is 7.41. The van der Waals surface area contributed by atoms with Gasteiger partial charge in [-0.1, -0.05) is 103 Å². The molecular weight excluding hydrogens is 484 g/mol. The van der Waals surface area contributed by atoms with Crippen molar-refractivity contribution in [3.63, 3.8) is 0 Å². The van der Waals surface area contributed by atoms with E-state index in [-0.39, 0.29) is 0 Å². The van der Waals surface area contributed by atoms with Crippen LogP contribution in [-0.2, 0) is 0 Å². The molecule has 7 aromatic rings. The molecule has 0 saturated heterocycles. The molecule has 7 aromatic carbocycles. The van der Waals surface area contributed by atoms with Crippen molar-refractivity contribution in [3.8, 4) is 22.3 Å². The monoisotopic (exact) mass is 512 g/mol. The normalized spacial score (nSPS) is 11.0. The van der Waals surface area contributed by atoms with Gasteiger partial charge in [0.25, 0.3) is 0 Å². The first-order valence-electron chi connectivity index (χ1n) is 13.6. The van der Waals surface area contributed by atoms with Crippen LogP contribution in [0.15, 0.2) is 158 Å². The van der Waals surface area contributed by atoms with E-state index in [0.29, 0.717) is 0 Å². The van der Waals surface area contributed by atoms with Crippen molar-refractivity contribution in [1.29, 1.82) is 0 Å². The molecular formula is C38H28N2. The summed E-state index contributed by atoms with van der Waals surface area (Å²) in [7, 11) is 0. The summed E-state index contributed by atoms with van der Waals surface area (Å²) in [4.78, 5) is 0. The maximum atomic E-state index is 3.69. The Morgan fingerprint density at radius 2 is 0.875 bits per heavy atom. The molecule has 0 heterocycles. The zero-order valence-corrected chi connectivity index (χ0v) is 22.0. The first kappa shape index (κ1) is 23.8. The van der Waals surface area contributed by atoms with Crippen molar-refractivity contribution in [2.24, 2.45) is 0 Å². The lowest BCUT2D eigenvalue weighted by Gasteiger charge is -2.18. The Labute approximate surface area is 234 Å². The van der Waals surface area contributed by atoms with Gasteiger partial charge in [0.2, 0.25) is 0 Å². The lowest BCUT2D eigenvalue weighted by molar-refractivity contribution is 1.52. The van der Waals surface area contributed by atoms with Gasteiger partial charge in [-0.3, -0.25) is 0 Å². The minimum atomic E-state index is 1.07. The Balaban J connectivity index is 1.36. The number of nitrogens with one attached hydrogen (secondary N) is 2. The second-order valence-electron chi connectivity index (χ2n) is 10.0. The second kappa shape index (κ2) is 10.4. The summed E-state index contributed by atoms with van der Waals surface area (Å²) in [5.41, 5.74) is 9.05. The number of hydrogen-bond donors (Lipinski definition) is 2. The molecule has 0 fully saturated rings. The Morgan fingerprint density at radius 3 is 1.60 bits per heavy atom. The lowest BCUT2D eigenvalue weighted by atomic mass is 9.90. The molecule has 0 saturated carbocycles. The number of anilines is 4. The van der Waals surface area contributed by atoms with Crippen LogP contribution in [0.25, 0.3) is 43.8 Å². The van der Waals surface area contributed by atoms with Crippen molar-refractivity contribution in [2.75, 3.05) is 10.6 Å². The summed E-state index contributed by atoms with van der Waals surface area (Å²) in [6.45, 7) is 0. The Hall–Kier alpha value is -5.34. The van der Waals surface area contributed by atoms with E-state index in [9.17, 15) is 0 Å². The lowest BCUT2D eigenvalue weighted by Crippen LogP contribution is -1.95. The summed E-state index contributed by atoms with van der Waals surface area (Å²) in [6, 6.07) is 55.8. The number of para-hydroxylation sites is 2. The van der Waals surface area contributed by atoms with Crippen molar-refractivity contribution in [2.45, 2.75) is 0 Å². The molecule has 0 aromatic heterocycles. The van der Waals surface area contributed by atoms with Crippen LogP contribution in [0.3, 0.4) is 0 Å². The fourth-order valence-electron chi connectivity index (χ4n) is 5.44. The van der Waals surface area contributed by atoms with Crippen molar-refractivity contribution in [3.05, 3.63) is 158 Å². The van der Waals surface area contributed by atoms with E-state index in [1.165, 1.54) is 43.8 Å². The van der Waals surface area contributed by atoms with Gasteiger partial charge in [-0.05, 0) is 92.8 Å². The summed E-state index contributed by atoms with van der Waals surface area (Å²) in [5, 5.41) is 12.2. The van der Waals surface area contributed by atoms with E-state index in [2.05, 4.69) is 144 Å². The third-order valence-corrected chi connectivity index (χ3v) is 7.41. The maximum Gasteiger partial charge on any atom is 0.0464 e. The topological polar surface area (TPSA) is 24.1 Å². The summed E-state index contributed by atoms with van der Waals surface area (Å²) < 4.78 is 0. The molecule has 0 aliphatic carbocycles. The minimum Gasteiger partial charge on any atom is -0.356 e. The Bertz CT molecular complexity index is 1930. The van der Waals surface area contributed by atoms with Gasteiger partial charge < -0.3 is 10.6 Å². The van der Waals surface area contributed by atoms with Gasteiger partial charge in [-0.2, -0.15) is 0 Å². The molecule has 0 atom stereocenters. The summed E-state index contributed by atoms with van der Waals surface area (Å²) in [6.07, 6.45) is 0. The van der Waals surface area contributed by atoms with E-state index in [4.69, 9.17) is 0 Å². The van der Waals surface area contributed by atoms with Crippen LogP contribution in [0.4, 0.5) is 22.7 Å². The van der Waals surface area contributed by atoms with Gasteiger partial charge in [0, 0.05) is 28.3 Å². The highest BCUT2D eigenvalue weighted by Gasteiger charge is 2.14. The highest BCUT2D eigenvalue weighted by molar-refractivity contribution is 6.15. The van der Waals surface area contributed by atoms with Crippen LogP contribution in [0.1, 0.15) is 0 Å². The molecule has 7 rings (SSSR count). The largest absolute Gasteiger partial charge is 0.356 e. The van der Waals surface area contributed by atoms with Crippen LogP contribution >= 0.6 is 0 Å². The van der Waals surface area contributed by atoms with Gasteiger partial charge >= 0.3 is 0 Å². The molecule has 0 aliphatic rings. The molecule has 2 heteroatoms. The van der Waals surface area contributed by atoms with Gasteiger partial charge in [-0.15, -0.1) is 0 Å². The Kier molecular flexibility index (Phi) is 6.20. The van der Waals surface area contributed by atoms with E-state index < -0.39 is 0 Å². The van der Waals surface area contributed by atoms with E-state index >= 15 is 0 Å². The zero-order chi connectivity index (χ0) is 26.7. The van der Waals surface area contributed by atoms with Crippen molar-refractivity contribution < 1.29 is 0 Å². The van der Waals surface area contributed by atoms with Gasteiger partial charge in [0.1, 0.15) is 0 Å².